The zero-order valence-electron chi connectivity index (χ0n) is 14.5. The van der Waals surface area contributed by atoms with E-state index in [0.29, 0.717) is 0 Å². The number of aromatic nitrogens is 1. The van der Waals surface area contributed by atoms with Gasteiger partial charge < -0.3 is 20.3 Å². The number of aliphatic hydroxyl groups excluding tert-OH is 1. The molecular formula is C19H27N3O2. The Labute approximate surface area is 143 Å². The second kappa shape index (κ2) is 7.36. The molecule has 2 heterocycles. The maximum absolute atomic E-state index is 12.7. The summed E-state index contributed by atoms with van der Waals surface area (Å²) >= 11 is 0. The van der Waals surface area contributed by atoms with Crippen LogP contribution in [-0.2, 0) is 11.2 Å². The number of para-hydroxylation sites is 1. The van der Waals surface area contributed by atoms with Crippen LogP contribution in [0.5, 0.6) is 0 Å². The first-order valence-corrected chi connectivity index (χ1v) is 8.81. The van der Waals surface area contributed by atoms with Crippen LogP contribution in [0, 0.1) is 5.92 Å². The van der Waals surface area contributed by atoms with Crippen molar-refractivity contribution in [1.29, 1.82) is 0 Å². The first kappa shape index (κ1) is 17.0. The zero-order valence-corrected chi connectivity index (χ0v) is 14.5. The van der Waals surface area contributed by atoms with Crippen LogP contribution < -0.4 is 5.32 Å². The minimum atomic E-state index is -0.619. The van der Waals surface area contributed by atoms with Gasteiger partial charge in [0.05, 0.1) is 12.0 Å². The average molecular weight is 329 g/mol. The number of carbonyl (C=O) groups excluding carboxylic acids is 1. The molecule has 1 aliphatic rings. The molecule has 3 N–H and O–H groups in total. The third kappa shape index (κ3) is 3.32. The van der Waals surface area contributed by atoms with Crippen molar-refractivity contribution in [3.05, 3.63) is 36.0 Å². The van der Waals surface area contributed by atoms with Crippen LogP contribution in [-0.4, -0.2) is 53.2 Å². The highest BCUT2D eigenvalue weighted by atomic mass is 16.3. The molecule has 5 nitrogen and oxygen atoms in total. The van der Waals surface area contributed by atoms with E-state index < -0.39 is 6.10 Å². The van der Waals surface area contributed by atoms with Crippen molar-refractivity contribution in [3.63, 3.8) is 0 Å². The number of amides is 1. The second-order valence-electron chi connectivity index (χ2n) is 6.74. The summed E-state index contributed by atoms with van der Waals surface area (Å²) in [7, 11) is 1.86. The van der Waals surface area contributed by atoms with E-state index in [4.69, 9.17) is 0 Å². The van der Waals surface area contributed by atoms with Crippen LogP contribution in [0.1, 0.15) is 25.3 Å². The van der Waals surface area contributed by atoms with Gasteiger partial charge in [0.15, 0.2) is 0 Å². The number of nitrogens with one attached hydrogen (secondary N) is 2. The van der Waals surface area contributed by atoms with E-state index in [-0.39, 0.29) is 17.9 Å². The Balaban J connectivity index is 1.59. The van der Waals surface area contributed by atoms with Gasteiger partial charge in [-0.25, -0.2) is 0 Å². The quantitative estimate of drug-likeness (QED) is 0.758. The number of aromatic amines is 1. The van der Waals surface area contributed by atoms with Crippen LogP contribution in [0.4, 0.5) is 0 Å². The fourth-order valence-corrected chi connectivity index (χ4v) is 3.85. The van der Waals surface area contributed by atoms with Crippen LogP contribution in [0.15, 0.2) is 30.5 Å². The minimum Gasteiger partial charge on any atom is -0.393 e. The van der Waals surface area contributed by atoms with Gasteiger partial charge in [0, 0.05) is 36.2 Å². The molecule has 1 aromatic carbocycles. The van der Waals surface area contributed by atoms with Gasteiger partial charge in [-0.1, -0.05) is 18.2 Å². The zero-order chi connectivity index (χ0) is 17.1. The van der Waals surface area contributed by atoms with Crippen molar-refractivity contribution < 1.29 is 9.90 Å². The number of H-pyrrole nitrogens is 1. The molecule has 1 saturated heterocycles. The monoisotopic (exact) mass is 329 g/mol. The maximum Gasteiger partial charge on any atom is 0.229 e. The highest BCUT2D eigenvalue weighted by Gasteiger charge is 2.38. The van der Waals surface area contributed by atoms with Crippen LogP contribution in [0.2, 0.25) is 0 Å². The number of hydrogen-bond acceptors (Lipinski definition) is 3. The predicted molar refractivity (Wildman–Crippen MR) is 95.8 cm³/mol. The number of benzene rings is 1. The van der Waals surface area contributed by atoms with Crippen molar-refractivity contribution in [3.8, 4) is 0 Å². The standard InChI is InChI=1S/C19H27N3O2/c1-13(23)18-17(20-2)9-11-22(19(18)24)10-5-6-14-12-21-16-8-4-3-7-15(14)16/h3-4,7-8,12-13,17-18,20-21,23H,5-6,9-11H2,1-2H3/t13?,17-,18?/m0/s1. The van der Waals surface area contributed by atoms with Gasteiger partial charge in [-0.3, -0.25) is 4.79 Å². The Morgan fingerprint density at radius 3 is 2.96 bits per heavy atom. The van der Waals surface area contributed by atoms with E-state index in [1.807, 2.05) is 18.0 Å². The SMILES string of the molecule is CN[C@H]1CCN(CCCc2c[nH]c3ccccc23)C(=O)C1C(C)O. The number of aryl methyl sites for hydroxylation is 1. The molecule has 1 fully saturated rings. The Morgan fingerprint density at radius 1 is 1.42 bits per heavy atom. The molecule has 2 unspecified atom stereocenters. The molecule has 1 amide bonds. The van der Waals surface area contributed by atoms with Crippen LogP contribution in [0.25, 0.3) is 10.9 Å². The lowest BCUT2D eigenvalue weighted by molar-refractivity contribution is -0.144. The predicted octanol–water partition coefficient (Wildman–Crippen LogP) is 1.92. The molecule has 5 heteroatoms. The molecular weight excluding hydrogens is 302 g/mol. The van der Waals surface area contributed by atoms with E-state index in [0.717, 1.165) is 37.9 Å². The summed E-state index contributed by atoms with van der Waals surface area (Å²) < 4.78 is 0. The normalized spacial score (nSPS) is 23.0. The van der Waals surface area contributed by atoms with E-state index in [1.54, 1.807) is 6.92 Å². The topological polar surface area (TPSA) is 68.4 Å². The Bertz CT molecular complexity index is 695. The highest BCUT2D eigenvalue weighted by molar-refractivity contribution is 5.83. The molecule has 2 aromatic rings. The largest absolute Gasteiger partial charge is 0.393 e. The summed E-state index contributed by atoms with van der Waals surface area (Å²) in [6.45, 7) is 3.22. The fraction of sp³-hybridized carbons (Fsp3) is 0.526. The molecule has 0 radical (unpaired) electrons. The third-order valence-corrected chi connectivity index (χ3v) is 5.18. The summed E-state index contributed by atoms with van der Waals surface area (Å²) in [6, 6.07) is 8.37. The summed E-state index contributed by atoms with van der Waals surface area (Å²) in [5.41, 5.74) is 2.46. The smallest absolute Gasteiger partial charge is 0.229 e. The third-order valence-electron chi connectivity index (χ3n) is 5.18. The second-order valence-corrected chi connectivity index (χ2v) is 6.74. The van der Waals surface area contributed by atoms with Gasteiger partial charge in [-0.2, -0.15) is 0 Å². The molecule has 130 valence electrons. The van der Waals surface area contributed by atoms with Crippen molar-refractivity contribution in [1.82, 2.24) is 15.2 Å². The van der Waals surface area contributed by atoms with Gasteiger partial charge in [0.1, 0.15) is 0 Å². The summed E-state index contributed by atoms with van der Waals surface area (Å²) in [4.78, 5) is 17.9. The number of nitrogens with zero attached hydrogens (tertiary/aromatic N) is 1. The van der Waals surface area contributed by atoms with E-state index in [9.17, 15) is 9.90 Å². The Kier molecular flexibility index (Phi) is 5.21. The molecule has 3 atom stereocenters. The molecule has 24 heavy (non-hydrogen) atoms. The fourth-order valence-electron chi connectivity index (χ4n) is 3.85. The number of aliphatic hydroxyl groups is 1. The van der Waals surface area contributed by atoms with E-state index >= 15 is 0 Å². The number of likely N-dealkylation sites (tertiary alicyclic amines) is 1. The lowest BCUT2D eigenvalue weighted by Crippen LogP contribution is -2.55. The van der Waals surface area contributed by atoms with Gasteiger partial charge in [-0.05, 0) is 44.9 Å². The van der Waals surface area contributed by atoms with E-state index in [2.05, 4.69) is 34.7 Å². The lowest BCUT2D eigenvalue weighted by atomic mass is 9.87. The Morgan fingerprint density at radius 2 is 2.21 bits per heavy atom. The first-order valence-electron chi connectivity index (χ1n) is 8.81. The van der Waals surface area contributed by atoms with Gasteiger partial charge in [0.2, 0.25) is 5.91 Å². The van der Waals surface area contributed by atoms with Crippen molar-refractivity contribution >= 4 is 16.8 Å². The summed E-state index contributed by atoms with van der Waals surface area (Å²) in [5.74, 6) is -0.258. The van der Waals surface area contributed by atoms with Crippen LogP contribution >= 0.6 is 0 Å². The molecule has 0 spiro atoms. The maximum atomic E-state index is 12.7. The summed E-state index contributed by atoms with van der Waals surface area (Å²) in [5, 5.41) is 14.4. The molecule has 0 aliphatic carbocycles. The lowest BCUT2D eigenvalue weighted by Gasteiger charge is -2.39. The molecule has 0 saturated carbocycles. The average Bonchev–Trinajstić information content (AvgIpc) is 2.99. The molecule has 3 rings (SSSR count). The highest BCUT2D eigenvalue weighted by Crippen LogP contribution is 2.23. The van der Waals surface area contributed by atoms with Crippen molar-refractivity contribution in [2.24, 2.45) is 5.92 Å². The molecule has 0 bridgehead atoms. The number of fused-ring (bicyclic) bond motifs is 1. The number of carbonyl (C=O) groups is 1. The van der Waals surface area contributed by atoms with E-state index in [1.165, 1.54) is 10.9 Å². The number of piperidine rings is 1. The minimum absolute atomic E-state index is 0.0716. The molecule has 1 aliphatic heterocycles. The number of rotatable bonds is 6. The first-order chi connectivity index (χ1) is 11.6. The van der Waals surface area contributed by atoms with Crippen molar-refractivity contribution in [2.45, 2.75) is 38.3 Å². The van der Waals surface area contributed by atoms with Crippen molar-refractivity contribution in [2.75, 3.05) is 20.1 Å². The van der Waals surface area contributed by atoms with Gasteiger partial charge in [0.25, 0.3) is 0 Å². The van der Waals surface area contributed by atoms with Crippen LogP contribution in [0.3, 0.4) is 0 Å². The summed E-state index contributed by atoms with van der Waals surface area (Å²) in [6.07, 6.45) is 4.22. The Hall–Kier alpha value is -1.85. The molecule has 1 aromatic heterocycles. The van der Waals surface area contributed by atoms with Gasteiger partial charge >= 0.3 is 0 Å². The number of hydrogen-bond donors (Lipinski definition) is 3. The van der Waals surface area contributed by atoms with Gasteiger partial charge in [-0.15, -0.1) is 0 Å².